The normalized spacial score (nSPS) is 15.2. The third-order valence-corrected chi connectivity index (χ3v) is 4.39. The van der Waals surface area contributed by atoms with Gasteiger partial charge in [-0.2, -0.15) is 5.26 Å². The van der Waals surface area contributed by atoms with Crippen molar-refractivity contribution in [2.24, 2.45) is 5.41 Å². The van der Waals surface area contributed by atoms with Gasteiger partial charge in [0.25, 0.3) is 0 Å². The molecular formula is C16H21ClN4O. The highest BCUT2D eigenvalue weighted by atomic mass is 35.5. The highest BCUT2D eigenvalue weighted by molar-refractivity contribution is 6.32. The van der Waals surface area contributed by atoms with E-state index in [1.54, 1.807) is 0 Å². The maximum atomic E-state index is 12.0. The van der Waals surface area contributed by atoms with E-state index < -0.39 is 5.41 Å². The number of amides is 1. The summed E-state index contributed by atoms with van der Waals surface area (Å²) in [6, 6.07) is 2.28. The lowest BCUT2D eigenvalue weighted by molar-refractivity contribution is -0.129. The number of rotatable bonds is 2. The number of nitrogens with one attached hydrogen (secondary N) is 1. The van der Waals surface area contributed by atoms with Gasteiger partial charge in [0, 0.05) is 18.5 Å². The summed E-state index contributed by atoms with van der Waals surface area (Å²) in [6.45, 7) is 10.6. The lowest BCUT2D eigenvalue weighted by Gasteiger charge is -2.42. The molecule has 1 aromatic rings. The summed E-state index contributed by atoms with van der Waals surface area (Å²) < 4.78 is 0. The molecule has 0 unspecified atom stereocenters. The number of hydrogen-bond acceptors (Lipinski definition) is 4. The molecule has 1 aromatic heterocycles. The number of nitriles is 1. The first-order chi connectivity index (χ1) is 10.1. The van der Waals surface area contributed by atoms with Crippen molar-refractivity contribution < 1.29 is 4.79 Å². The standard InChI is InChI=1S/C16H21ClN4O/c1-9-12(6-18)14(19-10(2)13(9)17)21-7-11(8-21)20-15(22)16(3,4)5/h11H,7-8H2,1-5H3,(H,20,22). The molecule has 0 spiro atoms. The predicted molar refractivity (Wildman–Crippen MR) is 87.0 cm³/mol. The second-order valence-corrected chi connectivity index (χ2v) is 7.15. The van der Waals surface area contributed by atoms with Crippen molar-refractivity contribution in [3.05, 3.63) is 21.8 Å². The summed E-state index contributed by atoms with van der Waals surface area (Å²) in [5.74, 6) is 0.692. The minimum atomic E-state index is -0.399. The largest absolute Gasteiger partial charge is 0.351 e. The van der Waals surface area contributed by atoms with Gasteiger partial charge in [0.2, 0.25) is 5.91 Å². The first kappa shape index (κ1) is 16.6. The number of aromatic nitrogens is 1. The fraction of sp³-hybridized carbons (Fsp3) is 0.562. The van der Waals surface area contributed by atoms with Crippen molar-refractivity contribution in [1.82, 2.24) is 10.3 Å². The monoisotopic (exact) mass is 320 g/mol. The molecule has 1 N–H and O–H groups in total. The summed E-state index contributed by atoms with van der Waals surface area (Å²) >= 11 is 6.16. The second kappa shape index (κ2) is 5.77. The molecule has 22 heavy (non-hydrogen) atoms. The van der Waals surface area contributed by atoms with Crippen LogP contribution in [0.15, 0.2) is 0 Å². The van der Waals surface area contributed by atoms with Gasteiger partial charge in [0.1, 0.15) is 11.9 Å². The summed E-state index contributed by atoms with van der Waals surface area (Å²) in [5, 5.41) is 12.9. The van der Waals surface area contributed by atoms with E-state index in [1.807, 2.05) is 39.5 Å². The lowest BCUT2D eigenvalue weighted by Crippen LogP contribution is -2.61. The maximum absolute atomic E-state index is 12.0. The van der Waals surface area contributed by atoms with E-state index in [0.717, 1.165) is 11.3 Å². The van der Waals surface area contributed by atoms with Crippen LogP contribution >= 0.6 is 11.6 Å². The molecule has 0 radical (unpaired) electrons. The second-order valence-electron chi connectivity index (χ2n) is 6.77. The maximum Gasteiger partial charge on any atom is 0.225 e. The molecule has 1 aliphatic heterocycles. The van der Waals surface area contributed by atoms with Crippen LogP contribution in [0.3, 0.4) is 0 Å². The number of hydrogen-bond donors (Lipinski definition) is 1. The predicted octanol–water partition coefficient (Wildman–Crippen LogP) is 2.57. The number of aryl methyl sites for hydroxylation is 1. The third-order valence-electron chi connectivity index (χ3n) is 3.83. The van der Waals surface area contributed by atoms with Gasteiger partial charge >= 0.3 is 0 Å². The lowest BCUT2D eigenvalue weighted by atomic mass is 9.94. The molecule has 5 nitrogen and oxygen atoms in total. The molecule has 1 aliphatic rings. The van der Waals surface area contributed by atoms with Crippen LogP contribution in [-0.4, -0.2) is 30.0 Å². The average Bonchev–Trinajstić information content (AvgIpc) is 2.38. The fourth-order valence-corrected chi connectivity index (χ4v) is 2.46. The van der Waals surface area contributed by atoms with Crippen molar-refractivity contribution in [2.45, 2.75) is 40.7 Å². The van der Waals surface area contributed by atoms with Crippen LogP contribution in [0.25, 0.3) is 0 Å². The van der Waals surface area contributed by atoms with Crippen molar-refractivity contribution in [1.29, 1.82) is 5.26 Å². The minimum Gasteiger partial charge on any atom is -0.351 e. The van der Waals surface area contributed by atoms with E-state index in [1.165, 1.54) is 0 Å². The summed E-state index contributed by atoms with van der Waals surface area (Å²) in [4.78, 5) is 18.4. The molecule has 0 atom stereocenters. The van der Waals surface area contributed by atoms with Crippen LogP contribution in [0.2, 0.25) is 5.02 Å². The molecular weight excluding hydrogens is 300 g/mol. The number of nitrogens with zero attached hydrogens (tertiary/aromatic N) is 3. The van der Waals surface area contributed by atoms with Gasteiger partial charge < -0.3 is 10.2 Å². The molecule has 0 saturated carbocycles. The van der Waals surface area contributed by atoms with E-state index in [-0.39, 0.29) is 11.9 Å². The summed E-state index contributed by atoms with van der Waals surface area (Å²) in [7, 11) is 0. The van der Waals surface area contributed by atoms with Gasteiger partial charge in [-0.1, -0.05) is 32.4 Å². The van der Waals surface area contributed by atoms with Crippen LogP contribution in [0.1, 0.15) is 37.6 Å². The topological polar surface area (TPSA) is 69.0 Å². The number of pyridine rings is 1. The van der Waals surface area contributed by atoms with Crippen molar-refractivity contribution in [3.63, 3.8) is 0 Å². The van der Waals surface area contributed by atoms with Crippen LogP contribution in [0.4, 0.5) is 5.82 Å². The van der Waals surface area contributed by atoms with E-state index in [0.29, 0.717) is 29.5 Å². The van der Waals surface area contributed by atoms with Crippen LogP contribution < -0.4 is 10.2 Å². The third kappa shape index (κ3) is 3.02. The molecule has 1 amide bonds. The first-order valence-corrected chi connectivity index (χ1v) is 7.65. The van der Waals surface area contributed by atoms with E-state index >= 15 is 0 Å². The smallest absolute Gasteiger partial charge is 0.225 e. The number of carbonyl (C=O) groups excluding carboxylic acids is 1. The first-order valence-electron chi connectivity index (χ1n) is 7.28. The highest BCUT2D eigenvalue weighted by Gasteiger charge is 2.34. The van der Waals surface area contributed by atoms with Crippen LogP contribution in [0, 0.1) is 30.6 Å². The Morgan fingerprint density at radius 3 is 2.50 bits per heavy atom. The van der Waals surface area contributed by atoms with Gasteiger partial charge in [-0.15, -0.1) is 0 Å². The number of halogens is 1. The quantitative estimate of drug-likeness (QED) is 0.909. The highest BCUT2D eigenvalue weighted by Crippen LogP contribution is 2.31. The Hall–Kier alpha value is -1.80. The van der Waals surface area contributed by atoms with Crippen molar-refractivity contribution in [2.75, 3.05) is 18.0 Å². The fourth-order valence-electron chi connectivity index (χ4n) is 2.32. The Kier molecular flexibility index (Phi) is 4.35. The van der Waals surface area contributed by atoms with Crippen molar-refractivity contribution >= 4 is 23.3 Å². The Morgan fingerprint density at radius 1 is 1.41 bits per heavy atom. The molecule has 0 aromatic carbocycles. The van der Waals surface area contributed by atoms with Gasteiger partial charge in [0.05, 0.1) is 22.3 Å². The molecule has 2 rings (SSSR count). The van der Waals surface area contributed by atoms with Gasteiger partial charge in [-0.3, -0.25) is 4.79 Å². The van der Waals surface area contributed by atoms with Gasteiger partial charge in [0.15, 0.2) is 0 Å². The molecule has 118 valence electrons. The van der Waals surface area contributed by atoms with E-state index in [4.69, 9.17) is 11.6 Å². The van der Waals surface area contributed by atoms with E-state index in [2.05, 4.69) is 16.4 Å². The van der Waals surface area contributed by atoms with Crippen LogP contribution in [0.5, 0.6) is 0 Å². The van der Waals surface area contributed by atoms with E-state index in [9.17, 15) is 10.1 Å². The van der Waals surface area contributed by atoms with Gasteiger partial charge in [-0.25, -0.2) is 4.98 Å². The van der Waals surface area contributed by atoms with Crippen molar-refractivity contribution in [3.8, 4) is 6.07 Å². The molecule has 6 heteroatoms. The zero-order chi connectivity index (χ0) is 16.7. The Balaban J connectivity index is 2.12. The average molecular weight is 321 g/mol. The minimum absolute atomic E-state index is 0.0362. The zero-order valence-corrected chi connectivity index (χ0v) is 14.4. The Morgan fingerprint density at radius 2 is 2.00 bits per heavy atom. The molecule has 1 fully saturated rings. The summed E-state index contributed by atoms with van der Waals surface area (Å²) in [6.07, 6.45) is 0. The SMILES string of the molecule is Cc1nc(N2CC(NC(=O)C(C)(C)C)C2)c(C#N)c(C)c1Cl. The summed E-state index contributed by atoms with van der Waals surface area (Å²) in [5.41, 5.74) is 1.59. The van der Waals surface area contributed by atoms with Crippen LogP contribution in [-0.2, 0) is 4.79 Å². The van der Waals surface area contributed by atoms with Gasteiger partial charge in [-0.05, 0) is 19.4 Å². The molecule has 2 heterocycles. The zero-order valence-electron chi connectivity index (χ0n) is 13.6. The Labute approximate surface area is 136 Å². The molecule has 0 aliphatic carbocycles. The molecule has 1 saturated heterocycles. The number of carbonyl (C=O) groups is 1. The number of anilines is 1. The Bertz CT molecular complexity index is 652. The molecule has 0 bridgehead atoms.